The molecule has 6 heteroatoms. The van der Waals surface area contributed by atoms with Crippen LogP contribution >= 0.6 is 0 Å². The van der Waals surface area contributed by atoms with Crippen LogP contribution in [-0.4, -0.2) is 36.3 Å². The molecule has 1 heterocycles. The van der Waals surface area contributed by atoms with E-state index in [9.17, 15) is 14.7 Å². The summed E-state index contributed by atoms with van der Waals surface area (Å²) >= 11 is 0. The predicted molar refractivity (Wildman–Crippen MR) is 96.6 cm³/mol. The standard InChI is InChI=1S/C20H21NO5/c22-19(11-14-5-1-2-9-18(14)20(23)24)21-15-6-3-7-16(12-15)26-13-17-8-4-10-25-17/h1-3,5-7,9,12,17H,4,8,10-11,13H2,(H,21,22)(H,23,24). The van der Waals surface area contributed by atoms with Gasteiger partial charge in [0.15, 0.2) is 0 Å². The summed E-state index contributed by atoms with van der Waals surface area (Å²) in [5.74, 6) is -0.669. The molecule has 1 fully saturated rings. The van der Waals surface area contributed by atoms with E-state index in [0.717, 1.165) is 19.4 Å². The Balaban J connectivity index is 1.59. The zero-order valence-corrected chi connectivity index (χ0v) is 14.3. The molecule has 1 amide bonds. The summed E-state index contributed by atoms with van der Waals surface area (Å²) in [6.45, 7) is 1.27. The van der Waals surface area contributed by atoms with E-state index < -0.39 is 5.97 Å². The zero-order valence-electron chi connectivity index (χ0n) is 14.3. The van der Waals surface area contributed by atoms with Crippen molar-refractivity contribution < 1.29 is 24.2 Å². The number of benzene rings is 2. The first-order chi connectivity index (χ1) is 12.6. The number of amides is 1. The molecule has 0 saturated carbocycles. The molecule has 0 aliphatic carbocycles. The van der Waals surface area contributed by atoms with Crippen molar-refractivity contribution in [2.24, 2.45) is 0 Å². The van der Waals surface area contributed by atoms with E-state index in [0.29, 0.717) is 23.6 Å². The minimum absolute atomic E-state index is 0.0104. The number of ether oxygens (including phenoxy) is 2. The molecule has 2 aromatic carbocycles. The van der Waals surface area contributed by atoms with Gasteiger partial charge in [-0.15, -0.1) is 0 Å². The van der Waals surface area contributed by atoms with Crippen LogP contribution < -0.4 is 10.1 Å². The number of carbonyl (C=O) groups excluding carboxylic acids is 1. The quantitative estimate of drug-likeness (QED) is 0.797. The van der Waals surface area contributed by atoms with Gasteiger partial charge in [0.1, 0.15) is 12.4 Å². The summed E-state index contributed by atoms with van der Waals surface area (Å²) in [7, 11) is 0. The fraction of sp³-hybridized carbons (Fsp3) is 0.300. The molecule has 3 rings (SSSR count). The van der Waals surface area contributed by atoms with Crippen LogP contribution in [0.25, 0.3) is 0 Å². The van der Waals surface area contributed by atoms with Gasteiger partial charge in [-0.3, -0.25) is 4.79 Å². The molecule has 2 N–H and O–H groups in total. The van der Waals surface area contributed by atoms with Crippen LogP contribution in [0.15, 0.2) is 48.5 Å². The molecule has 1 aliphatic heterocycles. The number of carbonyl (C=O) groups is 2. The maximum Gasteiger partial charge on any atom is 0.335 e. The average molecular weight is 355 g/mol. The Bertz CT molecular complexity index is 783. The van der Waals surface area contributed by atoms with Crippen molar-refractivity contribution in [3.8, 4) is 5.75 Å². The van der Waals surface area contributed by atoms with Crippen LogP contribution in [0.3, 0.4) is 0 Å². The van der Waals surface area contributed by atoms with Gasteiger partial charge in [0.25, 0.3) is 0 Å². The van der Waals surface area contributed by atoms with Crippen molar-refractivity contribution in [1.82, 2.24) is 0 Å². The van der Waals surface area contributed by atoms with E-state index in [4.69, 9.17) is 9.47 Å². The van der Waals surface area contributed by atoms with E-state index in [1.807, 2.05) is 6.07 Å². The minimum Gasteiger partial charge on any atom is -0.491 e. The lowest BCUT2D eigenvalue weighted by Crippen LogP contribution is -2.17. The molecule has 0 aromatic heterocycles. The van der Waals surface area contributed by atoms with Crippen LogP contribution in [0.4, 0.5) is 5.69 Å². The molecule has 26 heavy (non-hydrogen) atoms. The molecule has 6 nitrogen and oxygen atoms in total. The van der Waals surface area contributed by atoms with Crippen molar-refractivity contribution >= 4 is 17.6 Å². The Morgan fingerprint density at radius 2 is 2.04 bits per heavy atom. The van der Waals surface area contributed by atoms with Gasteiger partial charge in [0.2, 0.25) is 5.91 Å². The third-order valence-electron chi connectivity index (χ3n) is 4.18. The lowest BCUT2D eigenvalue weighted by atomic mass is 10.0. The Hall–Kier alpha value is -2.86. The third-order valence-corrected chi connectivity index (χ3v) is 4.18. The van der Waals surface area contributed by atoms with Crippen LogP contribution in [-0.2, 0) is 16.0 Å². The van der Waals surface area contributed by atoms with Gasteiger partial charge in [-0.2, -0.15) is 0 Å². The number of hydrogen-bond donors (Lipinski definition) is 2. The Labute approximate surface area is 151 Å². The number of carboxylic acids is 1. The fourth-order valence-corrected chi connectivity index (χ4v) is 2.89. The van der Waals surface area contributed by atoms with E-state index in [2.05, 4.69) is 5.32 Å². The van der Waals surface area contributed by atoms with Crippen LogP contribution in [0.2, 0.25) is 0 Å². The van der Waals surface area contributed by atoms with Crippen LogP contribution in [0.1, 0.15) is 28.8 Å². The minimum atomic E-state index is -1.04. The normalized spacial score (nSPS) is 16.2. The van der Waals surface area contributed by atoms with Gasteiger partial charge in [0, 0.05) is 18.4 Å². The highest BCUT2D eigenvalue weighted by Crippen LogP contribution is 2.20. The van der Waals surface area contributed by atoms with E-state index >= 15 is 0 Å². The Morgan fingerprint density at radius 1 is 1.19 bits per heavy atom. The topological polar surface area (TPSA) is 84.9 Å². The number of hydrogen-bond acceptors (Lipinski definition) is 4. The van der Waals surface area contributed by atoms with Crippen molar-refractivity contribution in [3.63, 3.8) is 0 Å². The van der Waals surface area contributed by atoms with E-state index in [-0.39, 0.29) is 24.0 Å². The molecular weight excluding hydrogens is 334 g/mol. The largest absolute Gasteiger partial charge is 0.491 e. The summed E-state index contributed by atoms with van der Waals surface area (Å²) in [5, 5.41) is 12.0. The summed E-state index contributed by atoms with van der Waals surface area (Å²) < 4.78 is 11.3. The summed E-state index contributed by atoms with van der Waals surface area (Å²) in [6, 6.07) is 13.6. The Morgan fingerprint density at radius 3 is 2.81 bits per heavy atom. The SMILES string of the molecule is O=C(Cc1ccccc1C(=O)O)Nc1cccc(OCC2CCCO2)c1. The molecule has 1 unspecified atom stereocenters. The van der Waals surface area contributed by atoms with Gasteiger partial charge in [-0.1, -0.05) is 24.3 Å². The van der Waals surface area contributed by atoms with Gasteiger partial charge in [0.05, 0.1) is 18.1 Å². The van der Waals surface area contributed by atoms with Crippen LogP contribution in [0, 0.1) is 0 Å². The first-order valence-corrected chi connectivity index (χ1v) is 8.57. The zero-order chi connectivity index (χ0) is 18.4. The summed E-state index contributed by atoms with van der Waals surface area (Å²) in [6.07, 6.45) is 2.17. The number of aromatic carboxylic acids is 1. The van der Waals surface area contributed by atoms with Crippen molar-refractivity contribution in [2.75, 3.05) is 18.5 Å². The second-order valence-electron chi connectivity index (χ2n) is 6.16. The monoisotopic (exact) mass is 355 g/mol. The lowest BCUT2D eigenvalue weighted by molar-refractivity contribution is -0.115. The molecule has 0 bridgehead atoms. The first kappa shape index (κ1) is 17.9. The molecule has 0 spiro atoms. The van der Waals surface area contributed by atoms with Crippen LogP contribution in [0.5, 0.6) is 5.75 Å². The number of anilines is 1. The maximum atomic E-state index is 12.3. The van der Waals surface area contributed by atoms with Crippen molar-refractivity contribution in [1.29, 1.82) is 0 Å². The molecule has 136 valence electrons. The van der Waals surface area contributed by atoms with Crippen molar-refractivity contribution in [3.05, 3.63) is 59.7 Å². The highest BCUT2D eigenvalue weighted by molar-refractivity contribution is 5.96. The second-order valence-corrected chi connectivity index (χ2v) is 6.16. The van der Waals surface area contributed by atoms with Gasteiger partial charge in [-0.05, 0) is 36.6 Å². The highest BCUT2D eigenvalue weighted by Gasteiger charge is 2.16. The second kappa shape index (κ2) is 8.49. The van der Waals surface area contributed by atoms with Gasteiger partial charge >= 0.3 is 5.97 Å². The molecule has 2 aromatic rings. The van der Waals surface area contributed by atoms with E-state index in [1.54, 1.807) is 36.4 Å². The van der Waals surface area contributed by atoms with Gasteiger partial charge < -0.3 is 19.9 Å². The van der Waals surface area contributed by atoms with E-state index in [1.165, 1.54) is 6.07 Å². The molecule has 1 aliphatic rings. The fourth-order valence-electron chi connectivity index (χ4n) is 2.89. The molecule has 1 saturated heterocycles. The number of rotatable bonds is 7. The maximum absolute atomic E-state index is 12.3. The first-order valence-electron chi connectivity index (χ1n) is 8.57. The number of carboxylic acid groups (broad SMARTS) is 1. The molecule has 0 radical (unpaired) electrons. The lowest BCUT2D eigenvalue weighted by Gasteiger charge is -2.13. The smallest absolute Gasteiger partial charge is 0.335 e. The van der Waals surface area contributed by atoms with Crippen molar-refractivity contribution in [2.45, 2.75) is 25.4 Å². The van der Waals surface area contributed by atoms with Gasteiger partial charge in [-0.25, -0.2) is 4.79 Å². The summed E-state index contributed by atoms with van der Waals surface area (Å²) in [4.78, 5) is 23.5. The predicted octanol–water partition coefficient (Wildman–Crippen LogP) is 3.12. The molecular formula is C20H21NO5. The average Bonchev–Trinajstić information content (AvgIpc) is 3.14. The molecule has 1 atom stereocenters. The summed E-state index contributed by atoms with van der Waals surface area (Å²) in [5.41, 5.74) is 1.22. The Kier molecular flexibility index (Phi) is 5.86. The number of nitrogens with one attached hydrogen (secondary N) is 1. The highest BCUT2D eigenvalue weighted by atomic mass is 16.5. The third kappa shape index (κ3) is 4.83.